The van der Waals surface area contributed by atoms with E-state index in [4.69, 9.17) is 0 Å². The molecule has 0 saturated carbocycles. The minimum atomic E-state index is 0.704. The van der Waals surface area contributed by atoms with E-state index in [0.29, 0.717) is 12.8 Å². The fraction of sp³-hybridized carbons (Fsp3) is 0.344. The normalized spacial score (nSPS) is 12.0. The van der Waals surface area contributed by atoms with Crippen LogP contribution in [0, 0.1) is 62.3 Å². The van der Waals surface area contributed by atoms with Crippen molar-refractivity contribution in [1.29, 1.82) is 0 Å². The molecule has 0 bridgehead atoms. The highest BCUT2D eigenvalue weighted by molar-refractivity contribution is 5.87. The van der Waals surface area contributed by atoms with Crippen LogP contribution in [0.25, 0.3) is 0 Å². The van der Waals surface area contributed by atoms with E-state index in [1.54, 1.807) is 0 Å². The van der Waals surface area contributed by atoms with Crippen molar-refractivity contribution in [3.05, 3.63) is 101 Å². The third kappa shape index (κ3) is 5.21. The molecule has 0 heterocycles. The molecule has 0 unspecified atom stereocenters. The predicted octanol–water partition coefficient (Wildman–Crippen LogP) is 7.07. The van der Waals surface area contributed by atoms with Gasteiger partial charge in [0.1, 0.15) is 0 Å². The lowest BCUT2D eigenvalue weighted by Gasteiger charge is -2.24. The Morgan fingerprint density at radius 2 is 0.763 bits per heavy atom. The molecule has 0 aliphatic rings. The van der Waals surface area contributed by atoms with Crippen molar-refractivity contribution >= 4 is 18.6 Å². The van der Waals surface area contributed by atoms with E-state index in [9.17, 15) is 15.6 Å². The smallest absolute Gasteiger partial charge is 0.0739 e. The molecule has 3 rings (SSSR count). The summed E-state index contributed by atoms with van der Waals surface area (Å²) in [5.41, 5.74) is 17.6. The maximum absolute atomic E-state index is 9.52. The van der Waals surface area contributed by atoms with E-state index in [1.165, 1.54) is 57.6 Å². The van der Waals surface area contributed by atoms with Gasteiger partial charge in [0.25, 0.3) is 0 Å². The van der Waals surface area contributed by atoms with Gasteiger partial charge in [-0.05, 0) is 147 Å². The van der Waals surface area contributed by atoms with Gasteiger partial charge in [-0.25, -0.2) is 0 Å². The molecule has 3 N–H and O–H groups in total. The first-order chi connectivity index (χ1) is 18.0. The second kappa shape index (κ2) is 11.6. The van der Waals surface area contributed by atoms with Crippen molar-refractivity contribution in [2.24, 2.45) is 15.5 Å². The molecule has 0 radical (unpaired) electrons. The summed E-state index contributed by atoms with van der Waals surface area (Å²) in [6.45, 7) is 18.8. The average molecular weight is 514 g/mol. The third-order valence-corrected chi connectivity index (χ3v) is 8.27. The van der Waals surface area contributed by atoms with Crippen LogP contribution in [-0.2, 0) is 12.8 Å². The summed E-state index contributed by atoms with van der Waals surface area (Å²) in [6.07, 6.45) is 5.96. The monoisotopic (exact) mass is 513 g/mol. The Morgan fingerprint density at radius 1 is 0.447 bits per heavy atom. The summed E-state index contributed by atoms with van der Waals surface area (Å²) in [5, 5.41) is 38.0. The summed E-state index contributed by atoms with van der Waals surface area (Å²) >= 11 is 0. The number of rotatable bonds is 7. The Morgan fingerprint density at radius 3 is 1.11 bits per heavy atom. The number of oxime groups is 3. The molecular weight excluding hydrogens is 474 g/mol. The van der Waals surface area contributed by atoms with Gasteiger partial charge >= 0.3 is 0 Å². The van der Waals surface area contributed by atoms with Crippen LogP contribution >= 0.6 is 0 Å². The van der Waals surface area contributed by atoms with E-state index in [-0.39, 0.29) is 0 Å². The Bertz CT molecular complexity index is 1380. The standard InChI is InChI=1S/C32H39N3O3/c1-17-10-19(3)30(14-33-36)21(5)26(17)12-28-23(7)29(25(9)32(16-35-38)24(28)8)13-27-18(2)11-20(4)31(15-34-37)22(27)6/h10-11,14-16,36-38H,12-13H2,1-9H3/b33-14-,34-15+,35-16+. The van der Waals surface area contributed by atoms with E-state index in [2.05, 4.69) is 76.1 Å². The van der Waals surface area contributed by atoms with Crippen molar-refractivity contribution in [2.45, 2.75) is 75.2 Å². The van der Waals surface area contributed by atoms with Gasteiger partial charge in [0.05, 0.1) is 18.6 Å². The van der Waals surface area contributed by atoms with Gasteiger partial charge in [0.2, 0.25) is 0 Å². The van der Waals surface area contributed by atoms with Crippen molar-refractivity contribution in [3.8, 4) is 0 Å². The molecular formula is C32H39N3O3. The molecule has 6 nitrogen and oxygen atoms in total. The van der Waals surface area contributed by atoms with Crippen LogP contribution in [-0.4, -0.2) is 34.3 Å². The number of nitrogens with zero attached hydrogens (tertiary/aromatic N) is 3. The maximum Gasteiger partial charge on any atom is 0.0739 e. The zero-order valence-corrected chi connectivity index (χ0v) is 24.0. The van der Waals surface area contributed by atoms with E-state index < -0.39 is 0 Å². The van der Waals surface area contributed by atoms with Crippen LogP contribution < -0.4 is 0 Å². The Hall–Kier alpha value is -3.93. The minimum absolute atomic E-state index is 0.704. The lowest BCUT2D eigenvalue weighted by atomic mass is 9.80. The lowest BCUT2D eigenvalue weighted by molar-refractivity contribution is 0.321. The van der Waals surface area contributed by atoms with Crippen molar-refractivity contribution < 1.29 is 15.6 Å². The fourth-order valence-electron chi connectivity index (χ4n) is 6.03. The molecule has 0 aromatic heterocycles. The van der Waals surface area contributed by atoms with E-state index in [0.717, 1.165) is 50.1 Å². The SMILES string of the molecule is Cc1cc(C)c(Cc2c(C)c(/C=N/O)c(C)c(Cc3c(C)cc(C)c(/C=N/O)c3C)c2C)c(C)c1/C=N\O. The van der Waals surface area contributed by atoms with Crippen LogP contribution in [0.1, 0.15) is 89.0 Å². The van der Waals surface area contributed by atoms with Gasteiger partial charge in [0.15, 0.2) is 0 Å². The van der Waals surface area contributed by atoms with Gasteiger partial charge in [0, 0.05) is 16.7 Å². The molecule has 0 atom stereocenters. The molecule has 0 aliphatic heterocycles. The van der Waals surface area contributed by atoms with Crippen LogP contribution in [0.3, 0.4) is 0 Å². The van der Waals surface area contributed by atoms with Gasteiger partial charge in [-0.2, -0.15) is 0 Å². The van der Waals surface area contributed by atoms with E-state index in [1.807, 2.05) is 13.8 Å². The molecule has 3 aromatic carbocycles. The molecule has 6 heteroatoms. The van der Waals surface area contributed by atoms with Crippen LogP contribution in [0.4, 0.5) is 0 Å². The highest BCUT2D eigenvalue weighted by Gasteiger charge is 2.21. The van der Waals surface area contributed by atoms with Gasteiger partial charge in [-0.1, -0.05) is 27.6 Å². The summed E-state index contributed by atoms with van der Waals surface area (Å²) in [5.74, 6) is 0. The van der Waals surface area contributed by atoms with Crippen LogP contribution in [0.5, 0.6) is 0 Å². The Kier molecular flexibility index (Phi) is 8.77. The van der Waals surface area contributed by atoms with Crippen molar-refractivity contribution in [2.75, 3.05) is 0 Å². The minimum Gasteiger partial charge on any atom is -0.411 e. The quantitative estimate of drug-likeness (QED) is 0.179. The maximum atomic E-state index is 9.52. The zero-order valence-electron chi connectivity index (χ0n) is 24.0. The molecule has 200 valence electrons. The van der Waals surface area contributed by atoms with Crippen LogP contribution in [0.15, 0.2) is 27.6 Å². The summed E-state index contributed by atoms with van der Waals surface area (Å²) < 4.78 is 0. The molecule has 0 fully saturated rings. The van der Waals surface area contributed by atoms with Gasteiger partial charge in [-0.3, -0.25) is 0 Å². The fourth-order valence-corrected chi connectivity index (χ4v) is 6.03. The first-order valence-electron chi connectivity index (χ1n) is 12.8. The molecule has 0 saturated heterocycles. The van der Waals surface area contributed by atoms with Crippen LogP contribution in [0.2, 0.25) is 0 Å². The van der Waals surface area contributed by atoms with Crippen molar-refractivity contribution in [3.63, 3.8) is 0 Å². The molecule has 38 heavy (non-hydrogen) atoms. The van der Waals surface area contributed by atoms with Gasteiger partial charge < -0.3 is 15.6 Å². The largest absolute Gasteiger partial charge is 0.411 e. The third-order valence-electron chi connectivity index (χ3n) is 8.27. The lowest BCUT2D eigenvalue weighted by Crippen LogP contribution is -2.12. The van der Waals surface area contributed by atoms with Gasteiger partial charge in [-0.15, -0.1) is 0 Å². The molecule has 3 aromatic rings. The highest BCUT2D eigenvalue weighted by atomic mass is 16.4. The first kappa shape index (κ1) is 28.6. The second-order valence-corrected chi connectivity index (χ2v) is 10.4. The van der Waals surface area contributed by atoms with E-state index >= 15 is 0 Å². The predicted molar refractivity (Wildman–Crippen MR) is 156 cm³/mol. The number of aryl methyl sites for hydroxylation is 4. The second-order valence-electron chi connectivity index (χ2n) is 10.4. The molecule has 0 amide bonds. The Balaban J connectivity index is 2.29. The Labute approximate surface area is 226 Å². The average Bonchev–Trinajstić information content (AvgIpc) is 2.86. The highest BCUT2D eigenvalue weighted by Crippen LogP contribution is 2.34. The van der Waals surface area contributed by atoms with Crippen molar-refractivity contribution in [1.82, 2.24) is 0 Å². The topological polar surface area (TPSA) is 97.8 Å². The summed E-state index contributed by atoms with van der Waals surface area (Å²) in [4.78, 5) is 0. The number of hydrogen-bond acceptors (Lipinski definition) is 6. The molecule has 0 aliphatic carbocycles. The first-order valence-corrected chi connectivity index (χ1v) is 12.8. The summed E-state index contributed by atoms with van der Waals surface area (Å²) in [6, 6.07) is 4.27. The molecule has 0 spiro atoms. The zero-order chi connectivity index (χ0) is 28.3. The summed E-state index contributed by atoms with van der Waals surface area (Å²) in [7, 11) is 0. The number of hydrogen-bond donors (Lipinski definition) is 3. The number of benzene rings is 3.